The summed E-state index contributed by atoms with van der Waals surface area (Å²) < 4.78 is 28.9. The minimum absolute atomic E-state index is 0.0456. The zero-order chi connectivity index (χ0) is 23.6. The lowest BCUT2D eigenvalue weighted by Gasteiger charge is -2.17. The van der Waals surface area contributed by atoms with Gasteiger partial charge in [0, 0.05) is 22.4 Å². The lowest BCUT2D eigenvalue weighted by molar-refractivity contribution is 0.0941. The van der Waals surface area contributed by atoms with Gasteiger partial charge in [-0.05, 0) is 55.0 Å². The summed E-state index contributed by atoms with van der Waals surface area (Å²) in [6.45, 7) is 1.82. The molecule has 0 saturated carbocycles. The number of nitrogens with one attached hydrogen (secondary N) is 2. The van der Waals surface area contributed by atoms with Crippen LogP contribution in [0.15, 0.2) is 78.0 Å². The third-order valence-electron chi connectivity index (χ3n) is 4.94. The minimum Gasteiger partial charge on any atom is -0.345 e. The van der Waals surface area contributed by atoms with E-state index in [0.717, 1.165) is 5.56 Å². The molecule has 0 radical (unpaired) electrons. The maximum atomic E-state index is 13.2. The van der Waals surface area contributed by atoms with Gasteiger partial charge >= 0.3 is 0 Å². The Hall–Kier alpha value is -3.20. The van der Waals surface area contributed by atoms with Gasteiger partial charge in [0.1, 0.15) is 10.4 Å². The van der Waals surface area contributed by atoms with Gasteiger partial charge in [-0.2, -0.15) is 0 Å². The molecular weight excluding hydrogens is 483 g/mol. The molecule has 0 aliphatic heterocycles. The molecule has 4 rings (SSSR count). The number of rotatable bonds is 6. The number of carbonyl (C=O) groups is 1. The fourth-order valence-corrected chi connectivity index (χ4v) is 4.83. The Morgan fingerprint density at radius 2 is 1.64 bits per heavy atom. The highest BCUT2D eigenvalue weighted by atomic mass is 35.5. The van der Waals surface area contributed by atoms with E-state index in [1.807, 2.05) is 6.92 Å². The quantitative estimate of drug-likeness (QED) is 0.377. The molecule has 0 spiro atoms. The van der Waals surface area contributed by atoms with E-state index in [0.29, 0.717) is 10.5 Å². The molecule has 1 atom stereocenters. The highest BCUT2D eigenvalue weighted by molar-refractivity contribution is 7.93. The van der Waals surface area contributed by atoms with Crippen molar-refractivity contribution < 1.29 is 13.2 Å². The van der Waals surface area contributed by atoms with Crippen LogP contribution in [0.5, 0.6) is 0 Å². The molecule has 33 heavy (non-hydrogen) atoms. The van der Waals surface area contributed by atoms with Crippen LogP contribution in [0.2, 0.25) is 10.0 Å². The first-order valence-electron chi connectivity index (χ1n) is 9.83. The number of carbonyl (C=O) groups excluding carboxylic acids is 1. The van der Waals surface area contributed by atoms with Crippen molar-refractivity contribution in [2.75, 3.05) is 4.72 Å². The number of anilines is 1. The van der Waals surface area contributed by atoms with Crippen LogP contribution in [-0.2, 0) is 10.0 Å². The highest BCUT2D eigenvalue weighted by Gasteiger charge is 2.23. The SMILES string of the molecule is CC(NC(=O)c1ccc(Cl)cc1NS(=O)(=O)c1cccc2nccnc12)c1ccc(Cl)cc1. The number of halogens is 2. The zero-order valence-corrected chi connectivity index (χ0v) is 19.6. The Kier molecular flexibility index (Phi) is 6.51. The van der Waals surface area contributed by atoms with Crippen LogP contribution < -0.4 is 10.0 Å². The number of sulfonamides is 1. The van der Waals surface area contributed by atoms with Gasteiger partial charge in [-0.25, -0.2) is 8.42 Å². The van der Waals surface area contributed by atoms with Gasteiger partial charge < -0.3 is 5.32 Å². The summed E-state index contributed by atoms with van der Waals surface area (Å²) in [5.74, 6) is -0.468. The molecule has 10 heteroatoms. The first kappa shape index (κ1) is 23.0. The fraction of sp³-hybridized carbons (Fsp3) is 0.0870. The Morgan fingerprint density at radius 3 is 2.39 bits per heavy atom. The van der Waals surface area contributed by atoms with Crippen molar-refractivity contribution in [3.05, 3.63) is 94.2 Å². The van der Waals surface area contributed by atoms with Crippen LogP contribution in [0.25, 0.3) is 11.0 Å². The Bertz CT molecular complexity index is 1440. The van der Waals surface area contributed by atoms with Crippen LogP contribution in [0.4, 0.5) is 5.69 Å². The van der Waals surface area contributed by atoms with Gasteiger partial charge in [0.15, 0.2) is 0 Å². The topological polar surface area (TPSA) is 101 Å². The van der Waals surface area contributed by atoms with E-state index < -0.39 is 15.9 Å². The average Bonchev–Trinajstić information content (AvgIpc) is 2.78. The molecular formula is C23H18Cl2N4O3S. The first-order chi connectivity index (χ1) is 15.7. The van der Waals surface area contributed by atoms with E-state index in [9.17, 15) is 13.2 Å². The predicted octanol–water partition coefficient (Wildman–Crippen LogP) is 5.23. The van der Waals surface area contributed by atoms with Crippen LogP contribution in [0.3, 0.4) is 0 Å². The van der Waals surface area contributed by atoms with Crippen molar-refractivity contribution in [3.8, 4) is 0 Å². The van der Waals surface area contributed by atoms with Crippen molar-refractivity contribution in [2.24, 2.45) is 0 Å². The monoisotopic (exact) mass is 500 g/mol. The first-order valence-corrected chi connectivity index (χ1v) is 12.1. The van der Waals surface area contributed by atoms with Gasteiger partial charge in [0.25, 0.3) is 15.9 Å². The Balaban J connectivity index is 1.65. The predicted molar refractivity (Wildman–Crippen MR) is 129 cm³/mol. The van der Waals surface area contributed by atoms with Gasteiger partial charge in [-0.1, -0.05) is 41.4 Å². The molecule has 2 N–H and O–H groups in total. The number of benzene rings is 3. The molecule has 1 aromatic heterocycles. The van der Waals surface area contributed by atoms with Crippen LogP contribution in [0.1, 0.15) is 28.9 Å². The van der Waals surface area contributed by atoms with E-state index in [2.05, 4.69) is 20.0 Å². The van der Waals surface area contributed by atoms with E-state index >= 15 is 0 Å². The molecule has 1 unspecified atom stereocenters. The third-order valence-corrected chi connectivity index (χ3v) is 6.82. The second-order valence-corrected chi connectivity index (χ2v) is 9.75. The molecule has 0 saturated heterocycles. The number of amides is 1. The van der Waals surface area contributed by atoms with Crippen LogP contribution in [0, 0.1) is 0 Å². The fourth-order valence-electron chi connectivity index (χ4n) is 3.29. The number of hydrogen-bond donors (Lipinski definition) is 2. The molecule has 0 bridgehead atoms. The van der Waals surface area contributed by atoms with Gasteiger partial charge in [0.2, 0.25) is 0 Å². The number of fused-ring (bicyclic) bond motifs is 1. The van der Waals surface area contributed by atoms with E-state index in [1.165, 1.54) is 36.7 Å². The normalized spacial score (nSPS) is 12.3. The molecule has 3 aromatic carbocycles. The molecule has 0 aliphatic carbocycles. The summed E-state index contributed by atoms with van der Waals surface area (Å²) in [5, 5.41) is 3.72. The molecule has 0 fully saturated rings. The second kappa shape index (κ2) is 9.35. The maximum absolute atomic E-state index is 13.2. The lowest BCUT2D eigenvalue weighted by atomic mass is 10.1. The zero-order valence-electron chi connectivity index (χ0n) is 17.3. The van der Waals surface area contributed by atoms with Crippen molar-refractivity contribution in [1.29, 1.82) is 0 Å². The van der Waals surface area contributed by atoms with Gasteiger partial charge in [-0.3, -0.25) is 19.5 Å². The summed E-state index contributed by atoms with van der Waals surface area (Å²) in [7, 11) is -4.10. The van der Waals surface area contributed by atoms with Crippen LogP contribution >= 0.6 is 23.2 Å². The maximum Gasteiger partial charge on any atom is 0.264 e. The second-order valence-electron chi connectivity index (χ2n) is 7.22. The highest BCUT2D eigenvalue weighted by Crippen LogP contribution is 2.27. The van der Waals surface area contributed by atoms with E-state index in [-0.39, 0.29) is 32.7 Å². The molecule has 1 amide bonds. The molecule has 168 valence electrons. The number of hydrogen-bond acceptors (Lipinski definition) is 5. The number of aromatic nitrogens is 2. The Morgan fingerprint density at radius 1 is 0.939 bits per heavy atom. The summed E-state index contributed by atoms with van der Waals surface area (Å²) >= 11 is 12.0. The van der Waals surface area contributed by atoms with Gasteiger partial charge in [-0.15, -0.1) is 0 Å². The van der Waals surface area contributed by atoms with Crippen LogP contribution in [-0.4, -0.2) is 24.3 Å². The standard InChI is InChI=1S/C23H18Cl2N4O3S/c1-14(15-5-7-16(24)8-6-15)28-23(30)18-10-9-17(25)13-20(18)29-33(31,32)21-4-2-3-19-22(21)27-12-11-26-19/h2-14,29H,1H3,(H,28,30). The summed E-state index contributed by atoms with van der Waals surface area (Å²) in [6.07, 6.45) is 2.89. The lowest BCUT2D eigenvalue weighted by Crippen LogP contribution is -2.28. The smallest absolute Gasteiger partial charge is 0.264 e. The van der Waals surface area contributed by atoms with E-state index in [4.69, 9.17) is 23.2 Å². The summed E-state index contributed by atoms with van der Waals surface area (Å²) in [4.78, 5) is 21.3. The molecule has 7 nitrogen and oxygen atoms in total. The summed E-state index contributed by atoms with van der Waals surface area (Å²) in [5.41, 5.74) is 1.66. The molecule has 0 aliphatic rings. The Labute approximate surface area is 200 Å². The van der Waals surface area contributed by atoms with Gasteiger partial charge in [0.05, 0.1) is 22.8 Å². The third kappa shape index (κ3) is 5.08. The summed E-state index contributed by atoms with van der Waals surface area (Å²) in [6, 6.07) is 15.8. The number of para-hydroxylation sites is 1. The molecule has 1 heterocycles. The molecule has 4 aromatic rings. The number of nitrogens with zero attached hydrogens (tertiary/aromatic N) is 2. The largest absolute Gasteiger partial charge is 0.345 e. The van der Waals surface area contributed by atoms with Crippen molar-refractivity contribution in [1.82, 2.24) is 15.3 Å². The van der Waals surface area contributed by atoms with Crippen molar-refractivity contribution in [3.63, 3.8) is 0 Å². The van der Waals surface area contributed by atoms with E-state index in [1.54, 1.807) is 36.4 Å². The van der Waals surface area contributed by atoms with Crippen molar-refractivity contribution in [2.45, 2.75) is 17.9 Å². The minimum atomic E-state index is -4.10. The van der Waals surface area contributed by atoms with Crippen molar-refractivity contribution >= 4 is 55.9 Å². The average molecular weight is 501 g/mol.